The number of rotatable bonds is 8. The van der Waals surface area contributed by atoms with Gasteiger partial charge < -0.3 is 14.8 Å². The van der Waals surface area contributed by atoms with Gasteiger partial charge in [-0.2, -0.15) is 0 Å². The molecule has 2 fully saturated rings. The third kappa shape index (κ3) is 7.84. The van der Waals surface area contributed by atoms with Gasteiger partial charge in [-0.05, 0) is 81.3 Å². The molecule has 1 saturated heterocycles. The molecule has 2 aliphatic rings. The molecule has 0 atom stereocenters. The molecule has 1 N–H and O–H groups in total. The maximum absolute atomic E-state index is 12.2. The molecular weight excluding hydrogens is 400 g/mol. The predicted octanol–water partition coefficient (Wildman–Crippen LogP) is 4.69. The Morgan fingerprint density at radius 3 is 2.57 bits per heavy atom. The maximum atomic E-state index is 12.2. The van der Waals surface area contributed by atoms with Crippen molar-refractivity contribution in [3.05, 3.63) is 29.8 Å². The molecule has 30 heavy (non-hydrogen) atoms. The fourth-order valence-electron chi connectivity index (χ4n) is 4.20. The Bertz CT molecular complexity index is 681. The second-order valence-corrected chi connectivity index (χ2v) is 8.46. The summed E-state index contributed by atoms with van der Waals surface area (Å²) in [5, 5.41) is 3.12. The second-order valence-electron chi connectivity index (χ2n) is 8.46. The first-order valence-corrected chi connectivity index (χ1v) is 11.2. The van der Waals surface area contributed by atoms with E-state index in [1.807, 2.05) is 24.3 Å². The number of likely N-dealkylation sites (tertiary alicyclic amines) is 1. The Labute approximate surface area is 187 Å². The Hall–Kier alpha value is -1.72. The number of carbonyl (C=O) groups is 1. The van der Waals surface area contributed by atoms with Gasteiger partial charge in [-0.3, -0.25) is 9.69 Å². The maximum Gasteiger partial charge on any atom is 0.244 e. The van der Waals surface area contributed by atoms with Crippen LogP contribution >= 0.6 is 12.4 Å². The largest absolute Gasteiger partial charge is 0.493 e. The van der Waals surface area contributed by atoms with Gasteiger partial charge in [0.2, 0.25) is 5.91 Å². The van der Waals surface area contributed by atoms with Crippen LogP contribution in [0, 0.1) is 5.92 Å². The van der Waals surface area contributed by atoms with Crippen LogP contribution in [0.4, 0.5) is 0 Å². The Balaban J connectivity index is 0.00000320. The first kappa shape index (κ1) is 24.5. The topological polar surface area (TPSA) is 50.8 Å². The van der Waals surface area contributed by atoms with Crippen molar-refractivity contribution in [2.45, 2.75) is 57.9 Å². The minimum Gasteiger partial charge on any atom is -0.493 e. The van der Waals surface area contributed by atoms with Crippen LogP contribution in [-0.2, 0) is 4.79 Å². The van der Waals surface area contributed by atoms with E-state index in [4.69, 9.17) is 9.47 Å². The van der Waals surface area contributed by atoms with Crippen molar-refractivity contribution in [1.29, 1.82) is 0 Å². The molecule has 3 rings (SSSR count). The van der Waals surface area contributed by atoms with Crippen molar-refractivity contribution < 1.29 is 14.3 Å². The number of hydrogen-bond donors (Lipinski definition) is 1. The summed E-state index contributed by atoms with van der Waals surface area (Å²) >= 11 is 0. The van der Waals surface area contributed by atoms with Crippen LogP contribution in [0.25, 0.3) is 6.08 Å². The number of piperidine rings is 1. The number of hydrogen-bond acceptors (Lipinski definition) is 4. The number of nitrogens with zero attached hydrogens (tertiary/aromatic N) is 1. The Morgan fingerprint density at radius 1 is 1.13 bits per heavy atom. The summed E-state index contributed by atoms with van der Waals surface area (Å²) in [4.78, 5) is 14.7. The molecular formula is C24H37ClN2O3. The van der Waals surface area contributed by atoms with Crippen molar-refractivity contribution in [2.75, 3.05) is 33.4 Å². The summed E-state index contributed by atoms with van der Waals surface area (Å²) in [6.45, 7) is 6.24. The van der Waals surface area contributed by atoms with Crippen molar-refractivity contribution in [3.8, 4) is 11.5 Å². The Kier molecular flexibility index (Phi) is 10.5. The van der Waals surface area contributed by atoms with Crippen LogP contribution < -0.4 is 14.8 Å². The molecule has 0 bridgehead atoms. The first-order valence-electron chi connectivity index (χ1n) is 11.2. The van der Waals surface area contributed by atoms with Crippen molar-refractivity contribution in [1.82, 2.24) is 10.2 Å². The summed E-state index contributed by atoms with van der Waals surface area (Å²) in [6, 6.07) is 6.12. The van der Waals surface area contributed by atoms with E-state index in [2.05, 4.69) is 17.1 Å². The molecule has 5 nitrogen and oxygen atoms in total. The molecule has 1 heterocycles. The van der Waals surface area contributed by atoms with E-state index >= 15 is 0 Å². The van der Waals surface area contributed by atoms with Gasteiger partial charge in [-0.1, -0.05) is 19.4 Å². The molecule has 168 valence electrons. The highest BCUT2D eigenvalue weighted by molar-refractivity contribution is 5.92. The summed E-state index contributed by atoms with van der Waals surface area (Å²) in [5.74, 6) is 2.21. The highest BCUT2D eigenvalue weighted by Crippen LogP contribution is 2.29. The number of halogens is 1. The minimum atomic E-state index is -0.0228. The highest BCUT2D eigenvalue weighted by Gasteiger charge is 2.18. The van der Waals surface area contributed by atoms with Crippen LogP contribution in [0.1, 0.15) is 57.4 Å². The lowest BCUT2D eigenvalue weighted by Crippen LogP contribution is -2.36. The molecule has 1 aliphatic carbocycles. The van der Waals surface area contributed by atoms with Gasteiger partial charge in [0.15, 0.2) is 11.5 Å². The summed E-state index contributed by atoms with van der Waals surface area (Å²) in [6.07, 6.45) is 11.9. The van der Waals surface area contributed by atoms with Crippen LogP contribution in [0.3, 0.4) is 0 Å². The fraction of sp³-hybridized carbons (Fsp3) is 0.625. The zero-order valence-corrected chi connectivity index (χ0v) is 19.2. The van der Waals surface area contributed by atoms with E-state index in [9.17, 15) is 4.79 Å². The van der Waals surface area contributed by atoms with Crippen molar-refractivity contribution in [3.63, 3.8) is 0 Å². The number of ether oxygens (including phenoxy) is 2. The number of benzene rings is 1. The molecule has 1 aliphatic heterocycles. The van der Waals surface area contributed by atoms with Gasteiger partial charge >= 0.3 is 0 Å². The lowest BCUT2D eigenvalue weighted by atomic mass is 9.87. The molecule has 0 unspecified atom stereocenters. The molecule has 0 aromatic heterocycles. The molecule has 0 radical (unpaired) electrons. The van der Waals surface area contributed by atoms with E-state index < -0.39 is 0 Å². The number of amides is 1. The number of carbonyl (C=O) groups excluding carboxylic acids is 1. The van der Waals surface area contributed by atoms with Gasteiger partial charge in [-0.15, -0.1) is 12.4 Å². The van der Waals surface area contributed by atoms with E-state index in [0.717, 1.165) is 36.6 Å². The Morgan fingerprint density at radius 2 is 1.87 bits per heavy atom. The van der Waals surface area contributed by atoms with Gasteiger partial charge in [0, 0.05) is 18.7 Å². The SMILES string of the molecule is COc1cc(C=CC(=O)N[C@H]2CC[C@H](C)CC2)ccc1OCCN1CCCCC1.Cl. The number of nitrogens with one attached hydrogen (secondary N) is 1. The smallest absolute Gasteiger partial charge is 0.244 e. The quantitative estimate of drug-likeness (QED) is 0.600. The van der Waals surface area contributed by atoms with E-state index in [0.29, 0.717) is 18.4 Å². The van der Waals surface area contributed by atoms with Crippen LogP contribution in [0.2, 0.25) is 0 Å². The monoisotopic (exact) mass is 436 g/mol. The molecule has 6 heteroatoms. The zero-order chi connectivity index (χ0) is 20.5. The van der Waals surface area contributed by atoms with E-state index in [1.165, 1.54) is 45.2 Å². The standard InChI is InChI=1S/C24H36N2O3.ClH/c1-19-6-10-21(11-7-19)25-24(27)13-9-20-8-12-22(23(18-20)28-2)29-17-16-26-14-4-3-5-15-26;/h8-9,12-13,18-19,21H,3-7,10-11,14-17H2,1-2H3,(H,25,27);1H/t19-,21-;. The fourth-order valence-corrected chi connectivity index (χ4v) is 4.20. The van der Waals surface area contributed by atoms with Crippen LogP contribution in [-0.4, -0.2) is 50.2 Å². The molecule has 1 aromatic carbocycles. The van der Waals surface area contributed by atoms with Crippen molar-refractivity contribution >= 4 is 24.4 Å². The van der Waals surface area contributed by atoms with Gasteiger partial charge in [0.1, 0.15) is 6.61 Å². The minimum absolute atomic E-state index is 0. The normalized spacial score (nSPS) is 22.3. The third-order valence-corrected chi connectivity index (χ3v) is 6.09. The highest BCUT2D eigenvalue weighted by atomic mass is 35.5. The second kappa shape index (κ2) is 12.9. The van der Waals surface area contributed by atoms with Crippen LogP contribution in [0.15, 0.2) is 24.3 Å². The molecule has 1 aromatic rings. The summed E-state index contributed by atoms with van der Waals surface area (Å²) in [5.41, 5.74) is 0.928. The average molecular weight is 437 g/mol. The zero-order valence-electron chi connectivity index (χ0n) is 18.4. The van der Waals surface area contributed by atoms with Gasteiger partial charge in [-0.25, -0.2) is 0 Å². The molecule has 1 amide bonds. The predicted molar refractivity (Wildman–Crippen MR) is 125 cm³/mol. The van der Waals surface area contributed by atoms with Gasteiger partial charge in [0.05, 0.1) is 7.11 Å². The summed E-state index contributed by atoms with van der Waals surface area (Å²) in [7, 11) is 1.65. The molecule has 1 saturated carbocycles. The third-order valence-electron chi connectivity index (χ3n) is 6.09. The van der Waals surface area contributed by atoms with Crippen LogP contribution in [0.5, 0.6) is 11.5 Å². The van der Waals surface area contributed by atoms with Gasteiger partial charge in [0.25, 0.3) is 0 Å². The van der Waals surface area contributed by atoms with E-state index in [-0.39, 0.29) is 18.3 Å². The molecule has 0 spiro atoms. The average Bonchev–Trinajstić information content (AvgIpc) is 2.75. The lowest BCUT2D eigenvalue weighted by molar-refractivity contribution is -0.117. The summed E-state index contributed by atoms with van der Waals surface area (Å²) < 4.78 is 11.4. The number of methoxy groups -OCH3 is 1. The van der Waals surface area contributed by atoms with E-state index in [1.54, 1.807) is 13.2 Å². The first-order chi connectivity index (χ1) is 14.1. The van der Waals surface area contributed by atoms with Crippen molar-refractivity contribution in [2.24, 2.45) is 5.92 Å². The lowest BCUT2D eigenvalue weighted by Gasteiger charge is -2.26.